The van der Waals surface area contributed by atoms with Gasteiger partial charge < -0.3 is 5.32 Å². The molecule has 16 heavy (non-hydrogen) atoms. The lowest BCUT2D eigenvalue weighted by Gasteiger charge is -2.18. The van der Waals surface area contributed by atoms with Crippen LogP contribution in [0.4, 0.5) is 0 Å². The van der Waals surface area contributed by atoms with E-state index in [0.29, 0.717) is 23.4 Å². The molecule has 0 spiro atoms. The van der Waals surface area contributed by atoms with Crippen LogP contribution in [0.1, 0.15) is 47.0 Å². The fourth-order valence-corrected chi connectivity index (χ4v) is 3.79. The van der Waals surface area contributed by atoms with E-state index >= 15 is 0 Å². The molecule has 0 aromatic heterocycles. The molecule has 2 atom stereocenters. The third-order valence-corrected chi connectivity index (χ3v) is 4.74. The number of thioether (sulfide) groups is 1. The molecule has 1 fully saturated rings. The monoisotopic (exact) mass is 240 g/mol. The number of nitrogens with zero attached hydrogens (tertiary/aromatic N) is 1. The van der Waals surface area contributed by atoms with Gasteiger partial charge in [-0.3, -0.25) is 4.99 Å². The van der Waals surface area contributed by atoms with Crippen molar-refractivity contribution in [3.8, 4) is 0 Å². The van der Waals surface area contributed by atoms with Crippen LogP contribution in [0.2, 0.25) is 0 Å². The molecule has 1 aliphatic heterocycles. The van der Waals surface area contributed by atoms with Gasteiger partial charge in [0.1, 0.15) is 0 Å². The summed E-state index contributed by atoms with van der Waals surface area (Å²) in [4.78, 5) is 4.77. The Hall–Kier alpha value is -0.180. The number of aliphatic imine (C=N–C) groups is 1. The molecule has 1 N–H and O–H groups in total. The SMILES string of the molecule is CC(C)[C@H]1CSC(NC2CCC(C)(C)C2)=N1. The zero-order chi connectivity index (χ0) is 11.8. The van der Waals surface area contributed by atoms with E-state index in [4.69, 9.17) is 4.99 Å². The van der Waals surface area contributed by atoms with Crippen LogP contribution in [-0.2, 0) is 0 Å². The highest BCUT2D eigenvalue weighted by Gasteiger charge is 2.32. The van der Waals surface area contributed by atoms with E-state index in [1.807, 2.05) is 11.8 Å². The Kier molecular flexibility index (Phi) is 3.53. The van der Waals surface area contributed by atoms with Crippen LogP contribution in [-0.4, -0.2) is 23.0 Å². The van der Waals surface area contributed by atoms with E-state index in [2.05, 4.69) is 33.0 Å². The predicted molar refractivity (Wildman–Crippen MR) is 73.1 cm³/mol. The topological polar surface area (TPSA) is 24.4 Å². The van der Waals surface area contributed by atoms with Gasteiger partial charge in [-0.25, -0.2) is 0 Å². The van der Waals surface area contributed by atoms with E-state index in [1.165, 1.54) is 24.4 Å². The summed E-state index contributed by atoms with van der Waals surface area (Å²) >= 11 is 1.90. The minimum atomic E-state index is 0.527. The summed E-state index contributed by atoms with van der Waals surface area (Å²) in [6.07, 6.45) is 3.94. The van der Waals surface area contributed by atoms with Crippen LogP contribution < -0.4 is 5.32 Å². The molecule has 0 saturated heterocycles. The molecule has 0 radical (unpaired) electrons. The van der Waals surface area contributed by atoms with Gasteiger partial charge in [0.05, 0.1) is 6.04 Å². The molecule has 0 aromatic carbocycles. The van der Waals surface area contributed by atoms with Crippen LogP contribution in [0.15, 0.2) is 4.99 Å². The van der Waals surface area contributed by atoms with Crippen LogP contribution in [0.3, 0.4) is 0 Å². The Bertz CT molecular complexity index is 284. The number of hydrogen-bond donors (Lipinski definition) is 1. The maximum absolute atomic E-state index is 4.77. The zero-order valence-corrected chi connectivity index (χ0v) is 11.7. The normalized spacial score (nSPS) is 33.2. The molecule has 0 amide bonds. The highest BCUT2D eigenvalue weighted by molar-refractivity contribution is 8.14. The first kappa shape index (κ1) is 12.3. The molecule has 1 saturated carbocycles. The zero-order valence-electron chi connectivity index (χ0n) is 10.9. The number of hydrogen-bond acceptors (Lipinski definition) is 3. The summed E-state index contributed by atoms with van der Waals surface area (Å²) in [7, 11) is 0. The smallest absolute Gasteiger partial charge is 0.157 e. The van der Waals surface area contributed by atoms with Gasteiger partial charge in [0.2, 0.25) is 0 Å². The predicted octanol–water partition coefficient (Wildman–Crippen LogP) is 3.28. The fourth-order valence-electron chi connectivity index (χ4n) is 2.54. The summed E-state index contributed by atoms with van der Waals surface area (Å²) in [5.74, 6) is 1.84. The fraction of sp³-hybridized carbons (Fsp3) is 0.923. The summed E-state index contributed by atoms with van der Waals surface area (Å²) < 4.78 is 0. The van der Waals surface area contributed by atoms with E-state index in [-0.39, 0.29) is 0 Å². The first-order chi connectivity index (χ1) is 7.46. The lowest BCUT2D eigenvalue weighted by atomic mass is 9.92. The van der Waals surface area contributed by atoms with Crippen LogP contribution in [0.5, 0.6) is 0 Å². The van der Waals surface area contributed by atoms with Crippen molar-refractivity contribution in [3.05, 3.63) is 0 Å². The molecule has 1 unspecified atom stereocenters. The van der Waals surface area contributed by atoms with Crippen molar-refractivity contribution in [2.75, 3.05) is 5.75 Å². The molecule has 1 aliphatic carbocycles. The average Bonchev–Trinajstić information content (AvgIpc) is 2.73. The molecule has 2 nitrogen and oxygen atoms in total. The number of nitrogens with one attached hydrogen (secondary N) is 1. The first-order valence-corrected chi connectivity index (χ1v) is 7.42. The summed E-state index contributed by atoms with van der Waals surface area (Å²) in [6.45, 7) is 9.26. The van der Waals surface area contributed by atoms with Gasteiger partial charge >= 0.3 is 0 Å². The van der Waals surface area contributed by atoms with E-state index in [1.54, 1.807) is 0 Å². The average molecular weight is 240 g/mol. The van der Waals surface area contributed by atoms with Gasteiger partial charge in [-0.2, -0.15) is 0 Å². The minimum Gasteiger partial charge on any atom is -0.362 e. The van der Waals surface area contributed by atoms with Crippen LogP contribution >= 0.6 is 11.8 Å². The van der Waals surface area contributed by atoms with E-state index < -0.39 is 0 Å². The Morgan fingerprint density at radius 1 is 1.44 bits per heavy atom. The van der Waals surface area contributed by atoms with Gasteiger partial charge in [0.15, 0.2) is 5.17 Å². The summed E-state index contributed by atoms with van der Waals surface area (Å²) in [5.41, 5.74) is 0.527. The maximum Gasteiger partial charge on any atom is 0.157 e. The minimum absolute atomic E-state index is 0.527. The number of rotatable bonds is 2. The largest absolute Gasteiger partial charge is 0.362 e. The van der Waals surface area contributed by atoms with Gasteiger partial charge in [0.25, 0.3) is 0 Å². The molecule has 0 aromatic rings. The van der Waals surface area contributed by atoms with Gasteiger partial charge in [-0.1, -0.05) is 39.5 Å². The molecule has 2 rings (SSSR count). The lowest BCUT2D eigenvalue weighted by molar-refractivity contribution is 0.372. The molecular formula is C13H24N2S. The van der Waals surface area contributed by atoms with E-state index in [9.17, 15) is 0 Å². The van der Waals surface area contributed by atoms with Gasteiger partial charge in [-0.05, 0) is 30.6 Å². The molecule has 0 bridgehead atoms. The van der Waals surface area contributed by atoms with E-state index in [0.717, 1.165) is 5.75 Å². The second kappa shape index (κ2) is 4.59. The number of amidine groups is 1. The van der Waals surface area contributed by atoms with Crippen LogP contribution in [0.25, 0.3) is 0 Å². The third-order valence-electron chi connectivity index (χ3n) is 3.74. The van der Waals surface area contributed by atoms with Crippen molar-refractivity contribution < 1.29 is 0 Å². The van der Waals surface area contributed by atoms with Gasteiger partial charge in [0, 0.05) is 11.8 Å². The standard InChI is InChI=1S/C13H24N2S/c1-9(2)11-8-16-12(15-11)14-10-5-6-13(3,4)7-10/h9-11H,5-8H2,1-4H3,(H,14,15)/t10?,11-/m1/s1. The van der Waals surface area contributed by atoms with Crippen molar-refractivity contribution in [2.24, 2.45) is 16.3 Å². The Balaban J connectivity index is 1.85. The molecule has 3 heteroatoms. The Labute approximate surface area is 104 Å². The Morgan fingerprint density at radius 2 is 2.19 bits per heavy atom. The molecule has 1 heterocycles. The second-order valence-electron chi connectivity index (χ2n) is 6.30. The van der Waals surface area contributed by atoms with Gasteiger partial charge in [-0.15, -0.1) is 0 Å². The van der Waals surface area contributed by atoms with Crippen molar-refractivity contribution in [2.45, 2.75) is 59.0 Å². The van der Waals surface area contributed by atoms with Crippen molar-refractivity contribution >= 4 is 16.9 Å². The summed E-state index contributed by atoms with van der Waals surface area (Å²) in [5, 5.41) is 4.83. The van der Waals surface area contributed by atoms with Crippen molar-refractivity contribution in [1.82, 2.24) is 5.32 Å². The van der Waals surface area contributed by atoms with Crippen LogP contribution in [0, 0.1) is 11.3 Å². The van der Waals surface area contributed by atoms with Crippen molar-refractivity contribution in [3.63, 3.8) is 0 Å². The van der Waals surface area contributed by atoms with Crippen molar-refractivity contribution in [1.29, 1.82) is 0 Å². The second-order valence-corrected chi connectivity index (χ2v) is 7.31. The Morgan fingerprint density at radius 3 is 2.69 bits per heavy atom. The quantitative estimate of drug-likeness (QED) is 0.801. The first-order valence-electron chi connectivity index (χ1n) is 6.43. The highest BCUT2D eigenvalue weighted by atomic mass is 32.2. The molecule has 2 aliphatic rings. The third kappa shape index (κ3) is 2.93. The highest BCUT2D eigenvalue weighted by Crippen LogP contribution is 2.37. The lowest BCUT2D eigenvalue weighted by Crippen LogP contribution is -2.31. The maximum atomic E-state index is 4.77. The molecular weight excluding hydrogens is 216 g/mol. The summed E-state index contributed by atoms with van der Waals surface area (Å²) in [6, 6.07) is 1.19. The molecule has 92 valence electrons.